The second-order valence-electron chi connectivity index (χ2n) is 3.94. The molecule has 0 radical (unpaired) electrons. The van der Waals surface area contributed by atoms with Gasteiger partial charge in [0.2, 0.25) is 0 Å². The summed E-state index contributed by atoms with van der Waals surface area (Å²) in [5, 5.41) is 9.93. The van der Waals surface area contributed by atoms with E-state index in [1.165, 1.54) is 18.4 Å². The number of amides is 2. The van der Waals surface area contributed by atoms with E-state index < -0.39 is 0 Å². The first-order chi connectivity index (χ1) is 7.34. The zero-order chi connectivity index (χ0) is 10.5. The number of hydrogen-bond donors (Lipinski definition) is 2. The average molecular weight is 224 g/mol. The monoisotopic (exact) mass is 224 g/mol. The van der Waals surface area contributed by atoms with Gasteiger partial charge in [-0.05, 0) is 35.2 Å². The normalized spacial score (nSPS) is 16.5. The van der Waals surface area contributed by atoms with E-state index in [-0.39, 0.29) is 6.03 Å². The van der Waals surface area contributed by atoms with Crippen molar-refractivity contribution in [2.24, 2.45) is 0 Å². The maximum absolute atomic E-state index is 11.5. The van der Waals surface area contributed by atoms with Crippen LogP contribution in [0.5, 0.6) is 0 Å². The van der Waals surface area contributed by atoms with Gasteiger partial charge in [0.1, 0.15) is 0 Å². The number of thiophene rings is 1. The Morgan fingerprint density at radius 1 is 1.47 bits per heavy atom. The van der Waals surface area contributed by atoms with Crippen molar-refractivity contribution >= 4 is 17.4 Å². The van der Waals surface area contributed by atoms with Crippen molar-refractivity contribution < 1.29 is 4.79 Å². The van der Waals surface area contributed by atoms with E-state index in [2.05, 4.69) is 16.0 Å². The molecule has 0 bridgehead atoms. The van der Waals surface area contributed by atoms with Gasteiger partial charge in [-0.3, -0.25) is 0 Å². The number of nitrogens with one attached hydrogen (secondary N) is 2. The fourth-order valence-electron chi connectivity index (χ4n) is 1.88. The van der Waals surface area contributed by atoms with Gasteiger partial charge in [-0.25, -0.2) is 4.79 Å². The summed E-state index contributed by atoms with van der Waals surface area (Å²) in [6.07, 6.45) is 4.75. The van der Waals surface area contributed by atoms with Gasteiger partial charge >= 0.3 is 6.03 Å². The van der Waals surface area contributed by atoms with Crippen LogP contribution in [0, 0.1) is 0 Å². The molecular formula is C11H16N2OS. The molecule has 1 aliphatic rings. The van der Waals surface area contributed by atoms with Gasteiger partial charge in [-0.2, -0.15) is 11.3 Å². The van der Waals surface area contributed by atoms with Crippen molar-refractivity contribution in [2.75, 3.05) is 0 Å². The van der Waals surface area contributed by atoms with Crippen LogP contribution in [-0.4, -0.2) is 12.1 Å². The summed E-state index contributed by atoms with van der Waals surface area (Å²) in [5.74, 6) is 0. The lowest BCUT2D eigenvalue weighted by Gasteiger charge is -2.12. The Bertz CT molecular complexity index is 304. The minimum Gasteiger partial charge on any atom is -0.335 e. The first kappa shape index (κ1) is 10.5. The molecule has 0 saturated heterocycles. The van der Waals surface area contributed by atoms with E-state index >= 15 is 0 Å². The molecule has 4 heteroatoms. The van der Waals surface area contributed by atoms with Crippen molar-refractivity contribution in [3.8, 4) is 0 Å². The highest BCUT2D eigenvalue weighted by Crippen LogP contribution is 2.17. The molecular weight excluding hydrogens is 208 g/mol. The average Bonchev–Trinajstić information content (AvgIpc) is 2.86. The molecule has 1 aromatic heterocycles. The van der Waals surface area contributed by atoms with E-state index in [0.29, 0.717) is 12.6 Å². The van der Waals surface area contributed by atoms with E-state index in [9.17, 15) is 4.79 Å². The van der Waals surface area contributed by atoms with Gasteiger partial charge in [0.15, 0.2) is 0 Å². The molecule has 1 fully saturated rings. The molecule has 0 spiro atoms. The van der Waals surface area contributed by atoms with Crippen LogP contribution in [0.25, 0.3) is 0 Å². The second-order valence-corrected chi connectivity index (χ2v) is 4.72. The largest absolute Gasteiger partial charge is 0.335 e. The van der Waals surface area contributed by atoms with Gasteiger partial charge in [0.05, 0.1) is 0 Å². The Hall–Kier alpha value is -1.03. The standard InChI is InChI=1S/C11H16N2OS/c14-11(13-10-3-1-2-4-10)12-7-9-5-6-15-8-9/h5-6,8,10H,1-4,7H2,(H2,12,13,14). The number of hydrogen-bond acceptors (Lipinski definition) is 2. The number of rotatable bonds is 3. The highest BCUT2D eigenvalue weighted by molar-refractivity contribution is 7.07. The fourth-order valence-corrected chi connectivity index (χ4v) is 2.55. The van der Waals surface area contributed by atoms with E-state index in [1.54, 1.807) is 11.3 Å². The smallest absolute Gasteiger partial charge is 0.315 e. The molecule has 82 valence electrons. The minimum absolute atomic E-state index is 0.0342. The summed E-state index contributed by atoms with van der Waals surface area (Å²) in [6, 6.07) is 2.39. The van der Waals surface area contributed by atoms with E-state index in [1.807, 2.05) is 11.4 Å². The molecule has 0 atom stereocenters. The quantitative estimate of drug-likeness (QED) is 0.813. The molecule has 1 saturated carbocycles. The number of urea groups is 1. The Labute approximate surface area is 93.9 Å². The van der Waals surface area contributed by atoms with Crippen molar-refractivity contribution in [1.29, 1.82) is 0 Å². The van der Waals surface area contributed by atoms with Crippen LogP contribution in [0.1, 0.15) is 31.2 Å². The van der Waals surface area contributed by atoms with Gasteiger partial charge in [0, 0.05) is 12.6 Å². The molecule has 3 nitrogen and oxygen atoms in total. The lowest BCUT2D eigenvalue weighted by atomic mass is 10.2. The van der Waals surface area contributed by atoms with Gasteiger partial charge in [-0.15, -0.1) is 0 Å². The third-order valence-electron chi connectivity index (χ3n) is 2.72. The van der Waals surface area contributed by atoms with Gasteiger partial charge in [0.25, 0.3) is 0 Å². The van der Waals surface area contributed by atoms with E-state index in [0.717, 1.165) is 12.8 Å². The van der Waals surface area contributed by atoms with Crippen molar-refractivity contribution in [3.05, 3.63) is 22.4 Å². The molecule has 0 unspecified atom stereocenters. The molecule has 1 aliphatic carbocycles. The first-order valence-electron chi connectivity index (χ1n) is 5.40. The molecule has 2 N–H and O–H groups in total. The maximum Gasteiger partial charge on any atom is 0.315 e. The number of carbonyl (C=O) groups excluding carboxylic acids is 1. The lowest BCUT2D eigenvalue weighted by molar-refractivity contribution is 0.236. The molecule has 0 aliphatic heterocycles. The summed E-state index contributed by atoms with van der Waals surface area (Å²) >= 11 is 1.65. The van der Waals surface area contributed by atoms with Crippen LogP contribution < -0.4 is 10.6 Å². The Balaban J connectivity index is 1.68. The predicted molar refractivity (Wildman–Crippen MR) is 61.9 cm³/mol. The third-order valence-corrected chi connectivity index (χ3v) is 3.46. The van der Waals surface area contributed by atoms with Crippen molar-refractivity contribution in [2.45, 2.75) is 38.3 Å². The Morgan fingerprint density at radius 3 is 2.93 bits per heavy atom. The van der Waals surface area contributed by atoms with Crippen LogP contribution in [0.3, 0.4) is 0 Å². The number of carbonyl (C=O) groups is 1. The van der Waals surface area contributed by atoms with Crippen LogP contribution >= 0.6 is 11.3 Å². The third kappa shape index (κ3) is 3.23. The molecule has 0 aromatic carbocycles. The SMILES string of the molecule is O=C(NCc1ccsc1)NC1CCCC1. The van der Waals surface area contributed by atoms with Crippen LogP contribution in [-0.2, 0) is 6.54 Å². The van der Waals surface area contributed by atoms with Crippen LogP contribution in [0.4, 0.5) is 4.79 Å². The predicted octanol–water partition coefficient (Wildman–Crippen LogP) is 2.49. The van der Waals surface area contributed by atoms with Gasteiger partial charge in [-0.1, -0.05) is 12.8 Å². The topological polar surface area (TPSA) is 41.1 Å². The van der Waals surface area contributed by atoms with Crippen molar-refractivity contribution in [1.82, 2.24) is 10.6 Å². The molecule has 2 rings (SSSR count). The van der Waals surface area contributed by atoms with E-state index in [4.69, 9.17) is 0 Å². The molecule has 15 heavy (non-hydrogen) atoms. The van der Waals surface area contributed by atoms with Crippen LogP contribution in [0.2, 0.25) is 0 Å². The molecule has 1 aromatic rings. The van der Waals surface area contributed by atoms with Crippen LogP contribution in [0.15, 0.2) is 16.8 Å². The second kappa shape index (κ2) is 5.16. The van der Waals surface area contributed by atoms with Gasteiger partial charge < -0.3 is 10.6 Å². The molecule has 2 amide bonds. The summed E-state index contributed by atoms with van der Waals surface area (Å²) < 4.78 is 0. The van der Waals surface area contributed by atoms with Crippen molar-refractivity contribution in [3.63, 3.8) is 0 Å². The first-order valence-corrected chi connectivity index (χ1v) is 6.34. The summed E-state index contributed by atoms with van der Waals surface area (Å²) in [6.45, 7) is 0.627. The lowest BCUT2D eigenvalue weighted by Crippen LogP contribution is -2.40. The Kier molecular flexibility index (Phi) is 3.61. The minimum atomic E-state index is -0.0342. The zero-order valence-electron chi connectivity index (χ0n) is 8.66. The maximum atomic E-state index is 11.5. The summed E-state index contributed by atoms with van der Waals surface area (Å²) in [4.78, 5) is 11.5. The zero-order valence-corrected chi connectivity index (χ0v) is 9.48. The fraction of sp³-hybridized carbons (Fsp3) is 0.545. The summed E-state index contributed by atoms with van der Waals surface area (Å²) in [7, 11) is 0. The summed E-state index contributed by atoms with van der Waals surface area (Å²) in [5.41, 5.74) is 1.17. The Morgan fingerprint density at radius 2 is 2.27 bits per heavy atom. The highest BCUT2D eigenvalue weighted by atomic mass is 32.1. The molecule has 1 heterocycles. The highest BCUT2D eigenvalue weighted by Gasteiger charge is 2.16.